The Hall–Kier alpha value is -2.15. The Bertz CT molecular complexity index is 1070. The molecule has 0 spiro atoms. The first-order valence-electron chi connectivity index (χ1n) is 16.4. The number of rotatable bonds is 25. The van der Waals surface area contributed by atoms with Gasteiger partial charge in [0.05, 0.1) is 6.33 Å². The van der Waals surface area contributed by atoms with Gasteiger partial charge in [0.1, 0.15) is 0 Å². The summed E-state index contributed by atoms with van der Waals surface area (Å²) >= 11 is 0. The van der Waals surface area contributed by atoms with E-state index in [4.69, 9.17) is 0 Å². The Kier molecular flexibility index (Phi) is 17.6. The zero-order valence-corrected chi connectivity index (χ0v) is 26.2. The zero-order chi connectivity index (χ0) is 29.0. The number of nitrogens with zero attached hydrogens (tertiary/aromatic N) is 5. The molecule has 0 atom stereocenters. The van der Waals surface area contributed by atoms with Crippen LogP contribution in [0.4, 0.5) is 0 Å². The van der Waals surface area contributed by atoms with E-state index in [1.165, 1.54) is 125 Å². The normalized spacial score (nSPS) is 11.7. The second kappa shape index (κ2) is 20.7. The Morgan fingerprint density at radius 2 is 1.23 bits per heavy atom. The summed E-state index contributed by atoms with van der Waals surface area (Å²) in [6.07, 6.45) is 28.4. The Morgan fingerprint density at radius 3 is 1.73 bits per heavy atom. The van der Waals surface area contributed by atoms with Gasteiger partial charge in [-0.15, -0.1) is 6.58 Å². The summed E-state index contributed by atoms with van der Waals surface area (Å²) in [7, 11) is 3.48. The molecule has 0 unspecified atom stereocenters. The minimum absolute atomic E-state index is 0.228. The molecule has 0 aromatic carbocycles. The van der Waals surface area contributed by atoms with Crippen LogP contribution < -0.4 is 11.2 Å². The molecule has 0 saturated heterocycles. The average Bonchev–Trinajstić information content (AvgIpc) is 3.34. The van der Waals surface area contributed by atoms with Crippen molar-refractivity contribution < 1.29 is 0 Å². The fourth-order valence-corrected chi connectivity index (χ4v) is 5.74. The van der Waals surface area contributed by atoms with Gasteiger partial charge in [0, 0.05) is 27.2 Å². The fourth-order valence-electron chi connectivity index (χ4n) is 5.74. The number of aromatic nitrogens is 4. The first-order chi connectivity index (χ1) is 19.5. The third-order valence-electron chi connectivity index (χ3n) is 8.27. The topological polar surface area (TPSA) is 65.1 Å². The van der Waals surface area contributed by atoms with Gasteiger partial charge in [0.15, 0.2) is 11.2 Å². The smallest absolute Gasteiger partial charge is 0.328 e. The minimum Gasteiger partial charge on any atom is -0.328 e. The van der Waals surface area contributed by atoms with Gasteiger partial charge < -0.3 is 4.57 Å². The van der Waals surface area contributed by atoms with Crippen LogP contribution in [0.25, 0.3) is 11.2 Å². The first-order valence-corrected chi connectivity index (χ1v) is 16.4. The number of hydrogen-bond acceptors (Lipinski definition) is 4. The van der Waals surface area contributed by atoms with Gasteiger partial charge in [-0.25, -0.2) is 9.78 Å². The molecule has 2 aromatic heterocycles. The van der Waals surface area contributed by atoms with Crippen molar-refractivity contribution in [3.05, 3.63) is 39.8 Å². The van der Waals surface area contributed by atoms with Crippen molar-refractivity contribution in [3.8, 4) is 0 Å². The molecule has 0 bridgehead atoms. The van der Waals surface area contributed by atoms with Gasteiger partial charge >= 0.3 is 5.69 Å². The Labute approximate surface area is 243 Å². The van der Waals surface area contributed by atoms with Crippen LogP contribution in [-0.4, -0.2) is 43.2 Å². The van der Waals surface area contributed by atoms with E-state index in [1.807, 2.05) is 0 Å². The number of hydrogen-bond donors (Lipinski definition) is 0. The van der Waals surface area contributed by atoms with Crippen molar-refractivity contribution in [2.75, 3.05) is 19.6 Å². The summed E-state index contributed by atoms with van der Waals surface area (Å²) in [6.45, 7) is 10.2. The molecule has 40 heavy (non-hydrogen) atoms. The fraction of sp³-hybridized carbons (Fsp3) is 0.788. The summed E-state index contributed by atoms with van der Waals surface area (Å²) < 4.78 is 4.55. The number of imidazole rings is 1. The molecular weight excluding hydrogens is 498 g/mol. The van der Waals surface area contributed by atoms with Crippen molar-refractivity contribution in [1.82, 2.24) is 23.6 Å². The van der Waals surface area contributed by atoms with Gasteiger partial charge in [-0.1, -0.05) is 116 Å². The number of unbranched alkanes of at least 4 members (excludes halogenated alkanes) is 17. The van der Waals surface area contributed by atoms with Crippen LogP contribution in [0.3, 0.4) is 0 Å². The molecular formula is C33H59N5O2. The highest BCUT2D eigenvalue weighted by Crippen LogP contribution is 2.13. The lowest BCUT2D eigenvalue weighted by atomic mass is 10.1. The number of aryl methyl sites for hydroxylation is 2. The molecule has 7 nitrogen and oxygen atoms in total. The van der Waals surface area contributed by atoms with Gasteiger partial charge in [0.25, 0.3) is 5.56 Å². The highest BCUT2D eigenvalue weighted by atomic mass is 16.2. The van der Waals surface area contributed by atoms with E-state index in [-0.39, 0.29) is 11.2 Å². The van der Waals surface area contributed by atoms with Crippen molar-refractivity contribution in [1.29, 1.82) is 0 Å². The quantitative estimate of drug-likeness (QED) is 0.0945. The van der Waals surface area contributed by atoms with Crippen LogP contribution in [0.1, 0.15) is 129 Å². The predicted octanol–water partition coefficient (Wildman–Crippen LogP) is 7.35. The lowest BCUT2D eigenvalue weighted by molar-refractivity contribution is 0.286. The van der Waals surface area contributed by atoms with E-state index in [0.717, 1.165) is 25.8 Å². The van der Waals surface area contributed by atoms with Gasteiger partial charge in [0.2, 0.25) is 0 Å². The Balaban J connectivity index is 1.47. The van der Waals surface area contributed by atoms with E-state index in [0.29, 0.717) is 17.7 Å². The van der Waals surface area contributed by atoms with Crippen LogP contribution in [-0.2, 0) is 20.6 Å². The van der Waals surface area contributed by atoms with E-state index < -0.39 is 0 Å². The average molecular weight is 558 g/mol. The van der Waals surface area contributed by atoms with Crippen LogP contribution >= 0.6 is 0 Å². The monoisotopic (exact) mass is 557 g/mol. The number of fused-ring (bicyclic) bond motifs is 1. The third-order valence-corrected chi connectivity index (χ3v) is 8.27. The van der Waals surface area contributed by atoms with Crippen molar-refractivity contribution in [2.45, 2.75) is 135 Å². The molecule has 0 aliphatic heterocycles. The summed E-state index contributed by atoms with van der Waals surface area (Å²) in [5, 5.41) is 0. The molecule has 0 aliphatic rings. The van der Waals surface area contributed by atoms with Crippen molar-refractivity contribution in [3.63, 3.8) is 0 Å². The molecule has 0 radical (unpaired) electrons. The lowest BCUT2D eigenvalue weighted by Gasteiger charge is -2.20. The molecule has 0 saturated carbocycles. The van der Waals surface area contributed by atoms with E-state index in [2.05, 4.69) is 29.5 Å². The Morgan fingerprint density at radius 1 is 0.750 bits per heavy atom. The standard InChI is InChI=1S/C33H59N5O2/c1-5-7-8-9-10-11-13-16-19-22-26-37(25-6-2)27-23-20-17-14-12-15-18-21-24-28-38-32(39)30-31(34-29-35(30)3)36(4)33(38)40/h6,29H,2,5,7-28H2,1,3-4H3. The third kappa shape index (κ3) is 12.2. The molecule has 7 heteroatoms. The molecule has 2 heterocycles. The first kappa shape index (κ1) is 34.1. The highest BCUT2D eigenvalue weighted by Gasteiger charge is 2.14. The largest absolute Gasteiger partial charge is 0.332 e. The maximum absolute atomic E-state index is 12.8. The van der Waals surface area contributed by atoms with Crippen molar-refractivity contribution >= 4 is 11.2 Å². The van der Waals surface area contributed by atoms with E-state index in [1.54, 1.807) is 25.0 Å². The van der Waals surface area contributed by atoms with E-state index >= 15 is 0 Å². The molecule has 0 amide bonds. The van der Waals surface area contributed by atoms with Crippen LogP contribution in [0, 0.1) is 0 Å². The molecule has 228 valence electrons. The summed E-state index contributed by atoms with van der Waals surface area (Å²) in [5.41, 5.74) is 0.448. The predicted molar refractivity (Wildman–Crippen MR) is 170 cm³/mol. The maximum Gasteiger partial charge on any atom is 0.332 e. The van der Waals surface area contributed by atoms with Crippen LogP contribution in [0.2, 0.25) is 0 Å². The maximum atomic E-state index is 12.8. The summed E-state index contributed by atoms with van der Waals surface area (Å²) in [6, 6.07) is 0. The molecule has 2 aromatic rings. The van der Waals surface area contributed by atoms with Crippen molar-refractivity contribution in [2.24, 2.45) is 14.1 Å². The second-order valence-corrected chi connectivity index (χ2v) is 11.8. The highest BCUT2D eigenvalue weighted by molar-refractivity contribution is 5.69. The van der Waals surface area contributed by atoms with Crippen LogP contribution in [0.5, 0.6) is 0 Å². The summed E-state index contributed by atoms with van der Waals surface area (Å²) in [5.74, 6) is 0. The van der Waals surface area contributed by atoms with Gasteiger partial charge in [-0.05, 0) is 32.4 Å². The van der Waals surface area contributed by atoms with Gasteiger partial charge in [-0.2, -0.15) is 0 Å². The molecule has 0 N–H and O–H groups in total. The van der Waals surface area contributed by atoms with E-state index in [9.17, 15) is 9.59 Å². The van der Waals surface area contributed by atoms with Crippen LogP contribution in [0.15, 0.2) is 28.6 Å². The molecule has 2 rings (SSSR count). The minimum atomic E-state index is -0.272. The lowest BCUT2D eigenvalue weighted by Crippen LogP contribution is -2.39. The molecule has 0 aliphatic carbocycles. The molecule has 0 fully saturated rings. The zero-order valence-electron chi connectivity index (χ0n) is 26.2. The summed E-state index contributed by atoms with van der Waals surface area (Å²) in [4.78, 5) is 32.1. The second-order valence-electron chi connectivity index (χ2n) is 11.8. The SMILES string of the molecule is C=CCN(CCCCCCCCCCCC)CCCCCCCCCCCn1c(=O)c2c(ncn2C)n(C)c1=O. The van der Waals surface area contributed by atoms with Gasteiger partial charge in [-0.3, -0.25) is 18.8 Å².